The van der Waals surface area contributed by atoms with Crippen LogP contribution < -0.4 is 15.6 Å². The van der Waals surface area contributed by atoms with Crippen LogP contribution in [-0.2, 0) is 42.7 Å². The molecule has 15 heteroatoms. The molecule has 1 aromatic carbocycles. The number of aryl methyl sites for hydroxylation is 1. The van der Waals surface area contributed by atoms with Gasteiger partial charge < -0.3 is 24.1 Å². The quantitative estimate of drug-likeness (QED) is 0.201. The van der Waals surface area contributed by atoms with Crippen molar-refractivity contribution in [2.45, 2.75) is 50.8 Å². The van der Waals surface area contributed by atoms with Crippen LogP contribution in [0.2, 0.25) is 0 Å². The van der Waals surface area contributed by atoms with Gasteiger partial charge in [-0.2, -0.15) is 5.26 Å². The van der Waals surface area contributed by atoms with Gasteiger partial charge in [-0.3, -0.25) is 19.2 Å². The number of nitrogens with zero attached hydrogens (tertiary/aromatic N) is 4. The third kappa shape index (κ3) is 7.30. The van der Waals surface area contributed by atoms with E-state index in [-0.39, 0.29) is 55.8 Å². The van der Waals surface area contributed by atoms with Gasteiger partial charge in [0.1, 0.15) is 22.4 Å². The van der Waals surface area contributed by atoms with E-state index >= 15 is 0 Å². The van der Waals surface area contributed by atoms with E-state index < -0.39 is 51.6 Å². The highest BCUT2D eigenvalue weighted by atomic mass is 32.2. The molecule has 1 amide bonds. The highest BCUT2D eigenvalue weighted by Crippen LogP contribution is 2.45. The number of amides is 1. The standard InChI is InChI=1S/C30H33N5O9S/c1-4-24(36)43-18-35(19-44-25(37)5-2)45(40,41)30(11-12-30)17-42-28-26-22(10-13-32-28)14-23(29(39)34(26)3)27(38)33-16-21-8-6-20(15-31)7-9-21/h6-10,13-14H,4-5,11-12,16-19H2,1-3H3,(H,33,38). The van der Waals surface area contributed by atoms with Gasteiger partial charge in [-0.25, -0.2) is 13.4 Å². The Morgan fingerprint density at radius 2 is 1.69 bits per heavy atom. The molecule has 0 radical (unpaired) electrons. The Hall–Kier alpha value is -4.81. The first-order valence-electron chi connectivity index (χ1n) is 14.2. The van der Waals surface area contributed by atoms with Crippen LogP contribution in [0.25, 0.3) is 10.9 Å². The fourth-order valence-electron chi connectivity index (χ4n) is 4.40. The van der Waals surface area contributed by atoms with Crippen molar-refractivity contribution < 1.29 is 37.0 Å². The third-order valence-corrected chi connectivity index (χ3v) is 9.87. The first-order chi connectivity index (χ1) is 21.5. The molecule has 45 heavy (non-hydrogen) atoms. The van der Waals surface area contributed by atoms with Crippen LogP contribution in [0.3, 0.4) is 0 Å². The predicted octanol–water partition coefficient (Wildman–Crippen LogP) is 2.10. The number of hydrogen-bond acceptors (Lipinski definition) is 11. The van der Waals surface area contributed by atoms with E-state index in [1.54, 1.807) is 44.2 Å². The average molecular weight is 640 g/mol. The lowest BCUT2D eigenvalue weighted by atomic mass is 10.1. The largest absolute Gasteiger partial charge is 0.474 e. The minimum absolute atomic E-state index is 0.0144. The van der Waals surface area contributed by atoms with E-state index in [9.17, 15) is 27.6 Å². The number of esters is 2. The van der Waals surface area contributed by atoms with Gasteiger partial charge in [0.25, 0.3) is 11.5 Å². The highest BCUT2D eigenvalue weighted by Gasteiger charge is 2.58. The minimum atomic E-state index is -4.20. The molecule has 2 heterocycles. The Morgan fingerprint density at radius 1 is 1.07 bits per heavy atom. The molecule has 238 valence electrons. The van der Waals surface area contributed by atoms with E-state index in [1.807, 2.05) is 6.07 Å². The monoisotopic (exact) mass is 639 g/mol. The number of nitrogens with one attached hydrogen (secondary N) is 1. The van der Waals surface area contributed by atoms with Crippen molar-refractivity contribution in [3.8, 4) is 11.9 Å². The zero-order chi connectivity index (χ0) is 32.8. The molecule has 1 aliphatic rings. The lowest BCUT2D eigenvalue weighted by molar-refractivity contribution is -0.152. The van der Waals surface area contributed by atoms with Gasteiger partial charge in [0.2, 0.25) is 15.9 Å². The number of ether oxygens (including phenoxy) is 3. The van der Waals surface area contributed by atoms with Gasteiger partial charge in [0, 0.05) is 38.0 Å². The van der Waals surface area contributed by atoms with Gasteiger partial charge in [-0.05, 0) is 42.7 Å². The maximum Gasteiger partial charge on any atom is 0.306 e. The SMILES string of the molecule is CCC(=O)OCN(COC(=O)CC)S(=O)(=O)C1(COc2nccc3cc(C(=O)NCc4ccc(C#N)cc4)c(=O)n(C)c23)CC1. The molecule has 1 fully saturated rings. The van der Waals surface area contributed by atoms with Gasteiger partial charge >= 0.3 is 11.9 Å². The summed E-state index contributed by atoms with van der Waals surface area (Å²) in [6, 6.07) is 11.7. The van der Waals surface area contributed by atoms with Crippen LogP contribution in [-0.4, -0.2) is 64.9 Å². The van der Waals surface area contributed by atoms with Gasteiger partial charge in [0.15, 0.2) is 13.5 Å². The Labute approximate surface area is 259 Å². The summed E-state index contributed by atoms with van der Waals surface area (Å²) >= 11 is 0. The van der Waals surface area contributed by atoms with Crippen molar-refractivity contribution in [1.82, 2.24) is 19.2 Å². The molecule has 2 aromatic heterocycles. The molecule has 0 bridgehead atoms. The van der Waals surface area contributed by atoms with Crippen LogP contribution in [0.5, 0.6) is 5.88 Å². The molecule has 0 aliphatic heterocycles. The number of fused-ring (bicyclic) bond motifs is 1. The van der Waals surface area contributed by atoms with Crippen LogP contribution >= 0.6 is 0 Å². The van der Waals surface area contributed by atoms with Gasteiger partial charge in [-0.15, -0.1) is 4.31 Å². The molecule has 0 spiro atoms. The average Bonchev–Trinajstić information content (AvgIpc) is 3.85. The van der Waals surface area contributed by atoms with E-state index in [4.69, 9.17) is 19.5 Å². The number of carbonyl (C=O) groups is 3. The molecule has 3 aromatic rings. The van der Waals surface area contributed by atoms with Crippen molar-refractivity contribution >= 4 is 38.8 Å². The van der Waals surface area contributed by atoms with E-state index in [0.29, 0.717) is 10.9 Å². The second kappa shape index (κ2) is 13.9. The zero-order valence-corrected chi connectivity index (χ0v) is 25.9. The predicted molar refractivity (Wildman–Crippen MR) is 160 cm³/mol. The Balaban J connectivity index is 1.53. The normalized spacial score (nSPS) is 13.6. The summed E-state index contributed by atoms with van der Waals surface area (Å²) < 4.78 is 43.9. The first-order valence-corrected chi connectivity index (χ1v) is 15.6. The number of sulfonamides is 1. The molecular weight excluding hydrogens is 606 g/mol. The number of carbonyl (C=O) groups excluding carboxylic acids is 3. The molecule has 14 nitrogen and oxygen atoms in total. The highest BCUT2D eigenvalue weighted by molar-refractivity contribution is 7.90. The molecule has 1 N–H and O–H groups in total. The molecule has 0 unspecified atom stereocenters. The Morgan fingerprint density at radius 3 is 2.24 bits per heavy atom. The Kier molecular flexibility index (Phi) is 10.2. The summed E-state index contributed by atoms with van der Waals surface area (Å²) in [5.74, 6) is -1.86. The molecular formula is C30H33N5O9S. The van der Waals surface area contributed by atoms with Crippen molar-refractivity contribution in [2.75, 3.05) is 20.1 Å². The van der Waals surface area contributed by atoms with E-state index in [1.165, 1.54) is 23.9 Å². The first kappa shape index (κ1) is 33.1. The van der Waals surface area contributed by atoms with Crippen LogP contribution in [0.1, 0.15) is 61.0 Å². The van der Waals surface area contributed by atoms with Crippen LogP contribution in [0.15, 0.2) is 47.4 Å². The number of benzene rings is 1. The van der Waals surface area contributed by atoms with Crippen molar-refractivity contribution in [1.29, 1.82) is 5.26 Å². The minimum Gasteiger partial charge on any atom is -0.474 e. The molecule has 0 atom stereocenters. The number of hydrogen-bond donors (Lipinski definition) is 1. The lowest BCUT2D eigenvalue weighted by Gasteiger charge is -2.26. The molecule has 1 aliphatic carbocycles. The number of aromatic nitrogens is 2. The number of rotatable bonds is 14. The van der Waals surface area contributed by atoms with Crippen LogP contribution in [0, 0.1) is 11.3 Å². The van der Waals surface area contributed by atoms with Gasteiger partial charge in [-0.1, -0.05) is 26.0 Å². The van der Waals surface area contributed by atoms with Crippen molar-refractivity contribution in [3.05, 3.63) is 69.6 Å². The molecule has 0 saturated heterocycles. The summed E-state index contributed by atoms with van der Waals surface area (Å²) in [7, 11) is -2.75. The second-order valence-electron chi connectivity index (χ2n) is 10.4. The lowest BCUT2D eigenvalue weighted by Crippen LogP contribution is -2.46. The maximum atomic E-state index is 13.7. The fourth-order valence-corrected chi connectivity index (χ4v) is 6.16. The molecule has 4 rings (SSSR count). The summed E-state index contributed by atoms with van der Waals surface area (Å²) in [4.78, 5) is 53.9. The van der Waals surface area contributed by atoms with E-state index in [2.05, 4.69) is 10.3 Å². The van der Waals surface area contributed by atoms with E-state index in [0.717, 1.165) is 9.87 Å². The zero-order valence-electron chi connectivity index (χ0n) is 25.1. The Bertz CT molecular complexity index is 1790. The summed E-state index contributed by atoms with van der Waals surface area (Å²) in [6.07, 6.45) is 1.92. The fraction of sp³-hybridized carbons (Fsp3) is 0.400. The number of nitriles is 1. The molecule has 1 saturated carbocycles. The van der Waals surface area contributed by atoms with Crippen molar-refractivity contribution in [3.63, 3.8) is 0 Å². The summed E-state index contributed by atoms with van der Waals surface area (Å²) in [5, 5.41) is 12.1. The second-order valence-corrected chi connectivity index (χ2v) is 12.7. The summed E-state index contributed by atoms with van der Waals surface area (Å²) in [5.41, 5.74) is 0.751. The number of pyridine rings is 2. The van der Waals surface area contributed by atoms with Crippen molar-refractivity contribution in [2.24, 2.45) is 7.05 Å². The van der Waals surface area contributed by atoms with Gasteiger partial charge in [0.05, 0.1) is 11.6 Å². The summed E-state index contributed by atoms with van der Waals surface area (Å²) in [6.45, 7) is 1.65. The topological polar surface area (TPSA) is 187 Å². The van der Waals surface area contributed by atoms with Crippen LogP contribution in [0.4, 0.5) is 0 Å². The third-order valence-electron chi connectivity index (χ3n) is 7.36. The smallest absolute Gasteiger partial charge is 0.306 e. The maximum absolute atomic E-state index is 13.7.